The first-order valence-corrected chi connectivity index (χ1v) is 6.09. The molecule has 0 aliphatic heterocycles. The molecule has 0 spiro atoms. The molecule has 0 heterocycles. The number of aryl methyl sites for hydroxylation is 1. The van der Waals surface area contributed by atoms with Crippen molar-refractivity contribution in [3.05, 3.63) is 47.8 Å². The molecule has 1 heteroatoms. The molecule has 86 valence electrons. The Morgan fingerprint density at radius 1 is 1.25 bits per heavy atom. The summed E-state index contributed by atoms with van der Waals surface area (Å²) in [5, 5.41) is 0. The van der Waals surface area contributed by atoms with E-state index in [1.54, 1.807) is 6.07 Å². The number of rotatable bonds is 2. The van der Waals surface area contributed by atoms with Gasteiger partial charge in [0.05, 0.1) is 0 Å². The van der Waals surface area contributed by atoms with Gasteiger partial charge in [-0.3, -0.25) is 0 Å². The third-order valence-corrected chi connectivity index (χ3v) is 3.70. The smallest absolute Gasteiger partial charge is 0.126 e. The van der Waals surface area contributed by atoms with Crippen LogP contribution in [0.15, 0.2) is 30.9 Å². The Hall–Kier alpha value is -1.11. The van der Waals surface area contributed by atoms with Gasteiger partial charge in [0.25, 0.3) is 0 Å². The zero-order valence-electron chi connectivity index (χ0n) is 9.88. The Bertz CT molecular complexity index is 373. The van der Waals surface area contributed by atoms with Gasteiger partial charge in [-0.2, -0.15) is 0 Å². The summed E-state index contributed by atoms with van der Waals surface area (Å²) >= 11 is 0. The van der Waals surface area contributed by atoms with E-state index in [9.17, 15) is 4.39 Å². The topological polar surface area (TPSA) is 0 Å². The van der Waals surface area contributed by atoms with Crippen molar-refractivity contribution in [1.29, 1.82) is 0 Å². The van der Waals surface area contributed by atoms with Crippen LogP contribution in [0.4, 0.5) is 4.39 Å². The first-order chi connectivity index (χ1) is 7.70. The molecule has 16 heavy (non-hydrogen) atoms. The predicted molar refractivity (Wildman–Crippen MR) is 66.0 cm³/mol. The molecule has 1 saturated carbocycles. The molecule has 2 rings (SSSR count). The minimum absolute atomic E-state index is 0.0259. The molecule has 0 aromatic heterocycles. The van der Waals surface area contributed by atoms with Crippen LogP contribution in [0.3, 0.4) is 0 Å². The molecule has 0 saturated heterocycles. The summed E-state index contributed by atoms with van der Waals surface area (Å²) in [6.45, 7) is 5.77. The van der Waals surface area contributed by atoms with Crippen molar-refractivity contribution >= 4 is 0 Å². The van der Waals surface area contributed by atoms with Crippen LogP contribution in [-0.2, 0) is 0 Å². The second-order valence-electron chi connectivity index (χ2n) is 4.87. The van der Waals surface area contributed by atoms with Crippen molar-refractivity contribution in [2.24, 2.45) is 5.92 Å². The normalized spacial score (nSPS) is 25.4. The standard InChI is InChI=1S/C15H19F/c1-3-12-5-7-13(8-6-12)14-9-4-11(2)10-15(14)16/h3-4,9-10,12-13H,1,5-8H2,2H3. The monoisotopic (exact) mass is 218 g/mol. The van der Waals surface area contributed by atoms with Crippen molar-refractivity contribution in [3.8, 4) is 0 Å². The molecule has 1 fully saturated rings. The molecule has 0 N–H and O–H groups in total. The Labute approximate surface area is 97.2 Å². The lowest BCUT2D eigenvalue weighted by Crippen LogP contribution is -2.12. The number of hydrogen-bond acceptors (Lipinski definition) is 0. The van der Waals surface area contributed by atoms with Gasteiger partial charge in [-0.1, -0.05) is 18.2 Å². The van der Waals surface area contributed by atoms with E-state index in [1.165, 1.54) is 0 Å². The Kier molecular flexibility index (Phi) is 3.42. The van der Waals surface area contributed by atoms with Crippen molar-refractivity contribution < 1.29 is 4.39 Å². The quantitative estimate of drug-likeness (QED) is 0.637. The van der Waals surface area contributed by atoms with Crippen LogP contribution >= 0.6 is 0 Å². The molecule has 0 bridgehead atoms. The second kappa shape index (κ2) is 4.82. The van der Waals surface area contributed by atoms with Crippen LogP contribution in [0.5, 0.6) is 0 Å². The molecule has 0 radical (unpaired) electrons. The van der Waals surface area contributed by atoms with Gasteiger partial charge in [0.2, 0.25) is 0 Å². The van der Waals surface area contributed by atoms with Gasteiger partial charge in [-0.15, -0.1) is 6.58 Å². The fourth-order valence-electron chi connectivity index (χ4n) is 2.63. The summed E-state index contributed by atoms with van der Waals surface area (Å²) in [5.41, 5.74) is 1.91. The van der Waals surface area contributed by atoms with Gasteiger partial charge >= 0.3 is 0 Å². The minimum atomic E-state index is -0.0259. The van der Waals surface area contributed by atoms with E-state index < -0.39 is 0 Å². The molecular formula is C15H19F. The van der Waals surface area contributed by atoms with Gasteiger partial charge in [0, 0.05) is 0 Å². The summed E-state index contributed by atoms with van der Waals surface area (Å²) < 4.78 is 13.8. The van der Waals surface area contributed by atoms with Crippen molar-refractivity contribution in [3.63, 3.8) is 0 Å². The van der Waals surface area contributed by atoms with Gasteiger partial charge in [-0.25, -0.2) is 4.39 Å². The zero-order chi connectivity index (χ0) is 11.5. The maximum Gasteiger partial charge on any atom is 0.126 e. The SMILES string of the molecule is C=CC1CCC(c2ccc(C)cc2F)CC1. The fourth-order valence-corrected chi connectivity index (χ4v) is 2.63. The third kappa shape index (κ3) is 2.34. The Morgan fingerprint density at radius 3 is 2.50 bits per heavy atom. The number of allylic oxidation sites excluding steroid dienone is 1. The molecule has 1 aliphatic carbocycles. The lowest BCUT2D eigenvalue weighted by molar-refractivity contribution is 0.369. The molecule has 1 aromatic carbocycles. The highest BCUT2D eigenvalue weighted by Gasteiger charge is 2.22. The molecule has 1 aliphatic rings. The Morgan fingerprint density at radius 2 is 1.94 bits per heavy atom. The van der Waals surface area contributed by atoms with E-state index in [2.05, 4.69) is 6.58 Å². The average molecular weight is 218 g/mol. The average Bonchev–Trinajstić information content (AvgIpc) is 2.29. The van der Waals surface area contributed by atoms with Crippen LogP contribution in [0.25, 0.3) is 0 Å². The van der Waals surface area contributed by atoms with E-state index in [0.29, 0.717) is 11.8 Å². The molecular weight excluding hydrogens is 199 g/mol. The summed E-state index contributed by atoms with van der Waals surface area (Å²) in [5.74, 6) is 1.03. The largest absolute Gasteiger partial charge is 0.207 e. The summed E-state index contributed by atoms with van der Waals surface area (Å²) in [6, 6.07) is 5.62. The highest BCUT2D eigenvalue weighted by atomic mass is 19.1. The minimum Gasteiger partial charge on any atom is -0.207 e. The van der Waals surface area contributed by atoms with Gasteiger partial charge < -0.3 is 0 Å². The van der Waals surface area contributed by atoms with Crippen LogP contribution in [0.1, 0.15) is 42.7 Å². The zero-order valence-corrected chi connectivity index (χ0v) is 9.88. The number of benzene rings is 1. The van der Waals surface area contributed by atoms with Crippen LogP contribution in [0.2, 0.25) is 0 Å². The van der Waals surface area contributed by atoms with E-state index in [1.807, 2.05) is 25.1 Å². The van der Waals surface area contributed by atoms with Crippen molar-refractivity contribution in [1.82, 2.24) is 0 Å². The van der Waals surface area contributed by atoms with Crippen molar-refractivity contribution in [2.45, 2.75) is 38.5 Å². The molecule has 0 unspecified atom stereocenters. The molecule has 0 nitrogen and oxygen atoms in total. The van der Waals surface area contributed by atoms with E-state index >= 15 is 0 Å². The predicted octanol–water partition coefficient (Wildman–Crippen LogP) is 4.59. The molecule has 1 aromatic rings. The lowest BCUT2D eigenvalue weighted by Gasteiger charge is -2.27. The van der Waals surface area contributed by atoms with Crippen LogP contribution < -0.4 is 0 Å². The van der Waals surface area contributed by atoms with E-state index in [0.717, 1.165) is 36.8 Å². The maximum absolute atomic E-state index is 13.8. The third-order valence-electron chi connectivity index (χ3n) is 3.70. The first-order valence-electron chi connectivity index (χ1n) is 6.09. The highest BCUT2D eigenvalue weighted by Crippen LogP contribution is 2.37. The van der Waals surface area contributed by atoms with Gasteiger partial charge in [0.1, 0.15) is 5.82 Å². The van der Waals surface area contributed by atoms with Crippen LogP contribution in [0, 0.1) is 18.7 Å². The Balaban J connectivity index is 2.11. The lowest BCUT2D eigenvalue weighted by atomic mass is 9.78. The number of halogens is 1. The van der Waals surface area contributed by atoms with E-state index in [4.69, 9.17) is 0 Å². The first kappa shape index (κ1) is 11.4. The van der Waals surface area contributed by atoms with Gasteiger partial charge in [-0.05, 0) is 61.6 Å². The molecule has 0 atom stereocenters. The summed E-state index contributed by atoms with van der Waals surface area (Å²) in [6.07, 6.45) is 6.54. The van der Waals surface area contributed by atoms with Gasteiger partial charge in [0.15, 0.2) is 0 Å². The summed E-state index contributed by atoms with van der Waals surface area (Å²) in [4.78, 5) is 0. The van der Waals surface area contributed by atoms with Crippen molar-refractivity contribution in [2.75, 3.05) is 0 Å². The number of hydrogen-bond donors (Lipinski definition) is 0. The molecule has 0 amide bonds. The summed E-state index contributed by atoms with van der Waals surface area (Å²) in [7, 11) is 0. The highest BCUT2D eigenvalue weighted by molar-refractivity contribution is 5.26. The fraction of sp³-hybridized carbons (Fsp3) is 0.467. The maximum atomic E-state index is 13.8. The van der Waals surface area contributed by atoms with Crippen LogP contribution in [-0.4, -0.2) is 0 Å². The van der Waals surface area contributed by atoms with E-state index in [-0.39, 0.29) is 5.82 Å². The second-order valence-corrected chi connectivity index (χ2v) is 4.87.